The summed E-state index contributed by atoms with van der Waals surface area (Å²) in [7, 11) is -3.66. The van der Waals surface area contributed by atoms with Crippen molar-refractivity contribution in [2.45, 2.75) is 11.3 Å². The van der Waals surface area contributed by atoms with E-state index in [1.807, 2.05) is 0 Å². The van der Waals surface area contributed by atoms with Gasteiger partial charge in [-0.2, -0.15) is 9.97 Å². The predicted molar refractivity (Wildman–Crippen MR) is 85.8 cm³/mol. The Hall–Kier alpha value is -3.69. The number of halogens is 3. The lowest BCUT2D eigenvalue weighted by atomic mass is 10.2. The maximum Gasteiger partial charge on any atom is 0.575 e. The monoisotopic (exact) mass is 437 g/mol. The quantitative estimate of drug-likeness (QED) is 0.592. The zero-order valence-corrected chi connectivity index (χ0v) is 14.9. The smallest absolute Gasteiger partial charge is 0.478 e. The Kier molecular flexibility index (Phi) is 6.06. The molecule has 156 valence electrons. The van der Waals surface area contributed by atoms with Crippen LogP contribution in [0.1, 0.15) is 10.4 Å². The first kappa shape index (κ1) is 21.6. The highest BCUT2D eigenvalue weighted by molar-refractivity contribution is 7.90. The van der Waals surface area contributed by atoms with Crippen molar-refractivity contribution in [1.82, 2.24) is 19.7 Å². The SMILES string of the molecule is COc1nc(NC(=O)NS(=O)(=O)c2ccccc2C(=O)O)nc(OC(F)(F)F)n1. The second-order valence-electron chi connectivity index (χ2n) is 4.84. The van der Waals surface area contributed by atoms with E-state index in [0.29, 0.717) is 0 Å². The van der Waals surface area contributed by atoms with Gasteiger partial charge in [0.15, 0.2) is 0 Å². The van der Waals surface area contributed by atoms with E-state index in [0.717, 1.165) is 19.2 Å². The van der Waals surface area contributed by atoms with Crippen LogP contribution in [-0.4, -0.2) is 53.9 Å². The summed E-state index contributed by atoms with van der Waals surface area (Å²) in [6.45, 7) is 0. The van der Waals surface area contributed by atoms with Gasteiger partial charge in [0.25, 0.3) is 10.0 Å². The molecule has 16 heteroatoms. The number of hydrogen-bond acceptors (Lipinski definition) is 9. The highest BCUT2D eigenvalue weighted by Crippen LogP contribution is 2.21. The minimum absolute atomic E-state index is 0.615. The van der Waals surface area contributed by atoms with Crippen molar-refractivity contribution in [1.29, 1.82) is 0 Å². The Bertz CT molecular complexity index is 1050. The number of nitrogens with zero attached hydrogens (tertiary/aromatic N) is 3. The molecule has 0 aliphatic heterocycles. The number of carbonyl (C=O) groups is 2. The van der Waals surface area contributed by atoms with Gasteiger partial charge in [0.2, 0.25) is 5.95 Å². The van der Waals surface area contributed by atoms with Gasteiger partial charge in [0.05, 0.1) is 12.7 Å². The Morgan fingerprint density at radius 2 is 1.72 bits per heavy atom. The molecule has 1 aromatic carbocycles. The summed E-state index contributed by atoms with van der Waals surface area (Å²) in [5.74, 6) is -2.40. The first-order valence-electron chi connectivity index (χ1n) is 7.13. The molecular weight excluding hydrogens is 427 g/mol. The number of methoxy groups -OCH3 is 1. The molecule has 2 aromatic rings. The highest BCUT2D eigenvalue weighted by Gasteiger charge is 2.33. The number of aromatic nitrogens is 3. The third kappa shape index (κ3) is 5.89. The van der Waals surface area contributed by atoms with Gasteiger partial charge in [0, 0.05) is 0 Å². The molecule has 0 unspecified atom stereocenters. The number of anilines is 1. The number of hydrogen-bond donors (Lipinski definition) is 3. The van der Waals surface area contributed by atoms with Gasteiger partial charge in [-0.1, -0.05) is 12.1 Å². The molecule has 0 saturated heterocycles. The van der Waals surface area contributed by atoms with E-state index in [4.69, 9.17) is 5.11 Å². The van der Waals surface area contributed by atoms with E-state index >= 15 is 0 Å². The summed E-state index contributed by atoms with van der Waals surface area (Å²) in [6.07, 6.45) is -5.16. The molecule has 0 aliphatic rings. The molecule has 0 aliphatic carbocycles. The Morgan fingerprint density at radius 1 is 1.10 bits per heavy atom. The topological polar surface area (TPSA) is 170 Å². The lowest BCUT2D eigenvalue weighted by molar-refractivity contribution is -0.277. The summed E-state index contributed by atoms with van der Waals surface area (Å²) in [6, 6.07) is 0.953. The number of amides is 2. The fourth-order valence-corrected chi connectivity index (χ4v) is 2.92. The number of nitrogens with one attached hydrogen (secondary N) is 2. The normalized spacial score (nSPS) is 11.4. The second kappa shape index (κ2) is 8.13. The molecule has 0 bridgehead atoms. The van der Waals surface area contributed by atoms with Gasteiger partial charge in [0.1, 0.15) is 4.90 Å². The van der Waals surface area contributed by atoms with Crippen LogP contribution in [0.4, 0.5) is 23.9 Å². The number of urea groups is 1. The first-order valence-corrected chi connectivity index (χ1v) is 8.61. The number of sulfonamides is 1. The van der Waals surface area contributed by atoms with Gasteiger partial charge >= 0.3 is 30.4 Å². The average molecular weight is 437 g/mol. The van der Waals surface area contributed by atoms with Crippen LogP contribution in [0.3, 0.4) is 0 Å². The molecule has 1 aromatic heterocycles. The summed E-state index contributed by atoms with van der Waals surface area (Å²) < 4.78 is 70.9. The average Bonchev–Trinajstić information content (AvgIpc) is 2.59. The van der Waals surface area contributed by atoms with Crippen LogP contribution in [0.2, 0.25) is 0 Å². The summed E-state index contributed by atoms with van der Waals surface area (Å²) in [5, 5.41) is 10.8. The molecule has 0 fully saturated rings. The van der Waals surface area contributed by atoms with Gasteiger partial charge in [-0.3, -0.25) is 5.32 Å². The molecule has 0 spiro atoms. The lowest BCUT2D eigenvalue weighted by Gasteiger charge is -2.11. The van der Waals surface area contributed by atoms with E-state index in [-0.39, 0.29) is 0 Å². The first-order chi connectivity index (χ1) is 13.4. The largest absolute Gasteiger partial charge is 0.575 e. The van der Waals surface area contributed by atoms with Crippen molar-refractivity contribution in [3.63, 3.8) is 0 Å². The van der Waals surface area contributed by atoms with Gasteiger partial charge in [-0.15, -0.1) is 18.2 Å². The van der Waals surface area contributed by atoms with Gasteiger partial charge in [-0.05, 0) is 12.1 Å². The third-order valence-electron chi connectivity index (χ3n) is 2.84. The predicted octanol–water partition coefficient (Wildman–Crippen LogP) is 0.987. The molecule has 1 heterocycles. The summed E-state index contributed by atoms with van der Waals surface area (Å²) >= 11 is 0. The summed E-state index contributed by atoms with van der Waals surface area (Å²) in [4.78, 5) is 32.1. The van der Waals surface area contributed by atoms with Crippen molar-refractivity contribution in [2.75, 3.05) is 12.4 Å². The van der Waals surface area contributed by atoms with Crippen molar-refractivity contribution >= 4 is 28.0 Å². The van der Waals surface area contributed by atoms with E-state index in [1.54, 1.807) is 5.32 Å². The molecule has 29 heavy (non-hydrogen) atoms. The van der Waals surface area contributed by atoms with Crippen LogP contribution in [0.5, 0.6) is 12.0 Å². The van der Waals surface area contributed by atoms with Gasteiger partial charge in [-0.25, -0.2) is 22.7 Å². The number of aromatic carboxylic acids is 1. The number of carbonyl (C=O) groups excluding carboxylic acids is 1. The zero-order valence-electron chi connectivity index (χ0n) is 14.1. The fourth-order valence-electron chi connectivity index (χ4n) is 1.82. The molecule has 12 nitrogen and oxygen atoms in total. The Balaban J connectivity index is 2.25. The Labute approximate surface area is 159 Å². The van der Waals surface area contributed by atoms with Crippen molar-refractivity contribution in [3.05, 3.63) is 29.8 Å². The number of rotatable bonds is 6. The lowest BCUT2D eigenvalue weighted by Crippen LogP contribution is -2.35. The maximum atomic E-state index is 12.3. The molecule has 2 rings (SSSR count). The molecule has 0 radical (unpaired) electrons. The molecule has 0 atom stereocenters. The van der Waals surface area contributed by atoms with Crippen LogP contribution in [-0.2, 0) is 10.0 Å². The van der Waals surface area contributed by atoms with Crippen LogP contribution in [0, 0.1) is 0 Å². The second-order valence-corrected chi connectivity index (χ2v) is 6.49. The molecule has 2 amide bonds. The highest BCUT2D eigenvalue weighted by atomic mass is 32.2. The van der Waals surface area contributed by atoms with Crippen LogP contribution in [0.15, 0.2) is 29.2 Å². The third-order valence-corrected chi connectivity index (χ3v) is 4.23. The number of carboxylic acids is 1. The van der Waals surface area contributed by atoms with Crippen molar-refractivity contribution < 1.29 is 45.8 Å². The van der Waals surface area contributed by atoms with Crippen molar-refractivity contribution in [2.24, 2.45) is 0 Å². The van der Waals surface area contributed by atoms with E-state index < -0.39 is 56.8 Å². The molecule has 3 N–H and O–H groups in total. The number of benzene rings is 1. The van der Waals surface area contributed by atoms with E-state index in [2.05, 4.69) is 24.4 Å². The van der Waals surface area contributed by atoms with E-state index in [1.165, 1.54) is 16.9 Å². The fraction of sp³-hybridized carbons (Fsp3) is 0.154. The molecule has 0 saturated carbocycles. The standard InChI is InChI=1S/C13H10F3N5O7S/c1-27-11-18-9(19-12(20-11)28-13(14,15)16)17-10(24)21-29(25,26)7-5-3-2-4-6(7)8(22)23/h2-5H,1H3,(H,22,23)(H2,17,18,19,20,21,24). The number of alkyl halides is 3. The van der Waals surface area contributed by atoms with Crippen molar-refractivity contribution in [3.8, 4) is 12.0 Å². The zero-order chi connectivity index (χ0) is 21.8. The number of ether oxygens (including phenoxy) is 2. The van der Waals surface area contributed by atoms with Crippen LogP contribution >= 0.6 is 0 Å². The Morgan fingerprint density at radius 3 is 2.31 bits per heavy atom. The van der Waals surface area contributed by atoms with Crippen LogP contribution < -0.4 is 19.5 Å². The number of carboxylic acid groups (broad SMARTS) is 1. The van der Waals surface area contributed by atoms with E-state index in [9.17, 15) is 31.2 Å². The van der Waals surface area contributed by atoms with Crippen LogP contribution in [0.25, 0.3) is 0 Å². The maximum absolute atomic E-state index is 12.3. The summed E-state index contributed by atoms with van der Waals surface area (Å²) in [5.41, 5.74) is -0.615. The van der Waals surface area contributed by atoms with Gasteiger partial charge < -0.3 is 14.6 Å². The molecular formula is C13H10F3N5O7S. The minimum atomic E-state index is -5.16. The minimum Gasteiger partial charge on any atom is -0.478 e.